The summed E-state index contributed by atoms with van der Waals surface area (Å²) in [5.74, 6) is -0.956. The molecule has 7 nitrogen and oxygen atoms in total. The first-order valence-corrected chi connectivity index (χ1v) is 9.03. The fourth-order valence-corrected chi connectivity index (χ4v) is 3.64. The second kappa shape index (κ2) is 6.81. The van der Waals surface area contributed by atoms with E-state index in [1.54, 1.807) is 19.9 Å². The van der Waals surface area contributed by atoms with Gasteiger partial charge in [0.25, 0.3) is 5.91 Å². The summed E-state index contributed by atoms with van der Waals surface area (Å²) in [7, 11) is 0. The summed E-state index contributed by atoms with van der Waals surface area (Å²) in [6.07, 6.45) is 3.26. The number of carbonyl (C=O) groups excluding carboxylic acids is 1. The average molecular weight is 387 g/mol. The molecule has 0 bridgehead atoms. The zero-order valence-electron chi connectivity index (χ0n) is 15.5. The SMILES string of the molecule is Cc1nc(C2(NC(=O)c3cc(C)n(-c4ccc(F)cc4F)n3)CCCC2)no1. The van der Waals surface area contributed by atoms with Crippen LogP contribution < -0.4 is 5.32 Å². The number of amides is 1. The van der Waals surface area contributed by atoms with Crippen molar-refractivity contribution in [3.8, 4) is 5.69 Å². The van der Waals surface area contributed by atoms with Gasteiger partial charge < -0.3 is 9.84 Å². The molecule has 4 rings (SSSR count). The van der Waals surface area contributed by atoms with Gasteiger partial charge in [0.15, 0.2) is 17.3 Å². The second-order valence-corrected chi connectivity index (χ2v) is 7.06. The summed E-state index contributed by atoms with van der Waals surface area (Å²) < 4.78 is 33.7. The Morgan fingerprint density at radius 3 is 2.61 bits per heavy atom. The van der Waals surface area contributed by atoms with Crippen molar-refractivity contribution in [3.63, 3.8) is 0 Å². The van der Waals surface area contributed by atoms with Crippen LogP contribution in [-0.2, 0) is 5.54 Å². The summed E-state index contributed by atoms with van der Waals surface area (Å²) in [6.45, 7) is 3.39. The van der Waals surface area contributed by atoms with Gasteiger partial charge in [0.2, 0.25) is 5.89 Å². The van der Waals surface area contributed by atoms with E-state index < -0.39 is 23.1 Å². The maximum atomic E-state index is 14.1. The quantitative estimate of drug-likeness (QED) is 0.742. The molecule has 1 aliphatic carbocycles. The number of nitrogens with one attached hydrogen (secondary N) is 1. The predicted molar refractivity (Wildman–Crippen MR) is 94.9 cm³/mol. The van der Waals surface area contributed by atoms with Crippen molar-refractivity contribution < 1.29 is 18.1 Å². The van der Waals surface area contributed by atoms with Crippen molar-refractivity contribution in [3.05, 3.63) is 59.0 Å². The van der Waals surface area contributed by atoms with Crippen molar-refractivity contribution in [1.29, 1.82) is 0 Å². The van der Waals surface area contributed by atoms with Crippen molar-refractivity contribution in [2.45, 2.75) is 45.1 Å². The lowest BCUT2D eigenvalue weighted by atomic mass is 9.96. The molecule has 1 fully saturated rings. The molecule has 0 atom stereocenters. The molecule has 0 unspecified atom stereocenters. The minimum Gasteiger partial charge on any atom is -0.340 e. The molecular formula is C19H19F2N5O2. The van der Waals surface area contributed by atoms with Crippen LogP contribution in [-0.4, -0.2) is 25.8 Å². The molecule has 0 spiro atoms. The van der Waals surface area contributed by atoms with E-state index in [2.05, 4.69) is 20.6 Å². The van der Waals surface area contributed by atoms with Crippen molar-refractivity contribution >= 4 is 5.91 Å². The molecular weight excluding hydrogens is 368 g/mol. The predicted octanol–water partition coefficient (Wildman–Crippen LogP) is 3.35. The highest BCUT2D eigenvalue weighted by Gasteiger charge is 2.41. The monoisotopic (exact) mass is 387 g/mol. The first-order chi connectivity index (χ1) is 13.4. The number of aromatic nitrogens is 4. The van der Waals surface area contributed by atoms with Crippen molar-refractivity contribution in [2.24, 2.45) is 0 Å². The minimum absolute atomic E-state index is 0.0716. The Morgan fingerprint density at radius 1 is 1.21 bits per heavy atom. The van der Waals surface area contributed by atoms with Crippen LogP contribution in [0.25, 0.3) is 5.69 Å². The van der Waals surface area contributed by atoms with E-state index in [-0.39, 0.29) is 11.4 Å². The topological polar surface area (TPSA) is 85.8 Å². The lowest BCUT2D eigenvalue weighted by Crippen LogP contribution is -2.44. The van der Waals surface area contributed by atoms with Crippen LogP contribution >= 0.6 is 0 Å². The third kappa shape index (κ3) is 3.17. The fraction of sp³-hybridized carbons (Fsp3) is 0.368. The third-order valence-electron chi connectivity index (χ3n) is 5.02. The zero-order chi connectivity index (χ0) is 19.9. The molecule has 0 radical (unpaired) electrons. The van der Waals surface area contributed by atoms with Gasteiger partial charge in [-0.2, -0.15) is 10.1 Å². The Balaban J connectivity index is 1.63. The lowest BCUT2D eigenvalue weighted by molar-refractivity contribution is 0.0886. The molecule has 1 aromatic carbocycles. The number of aryl methyl sites for hydroxylation is 2. The number of nitrogens with zero attached hydrogens (tertiary/aromatic N) is 4. The highest BCUT2D eigenvalue weighted by molar-refractivity contribution is 5.93. The molecule has 1 amide bonds. The van der Waals surface area contributed by atoms with Gasteiger partial charge in [-0.1, -0.05) is 18.0 Å². The number of halogens is 2. The minimum atomic E-state index is -0.757. The molecule has 3 aromatic rings. The summed E-state index contributed by atoms with van der Waals surface area (Å²) >= 11 is 0. The molecule has 0 saturated heterocycles. The number of hydrogen-bond donors (Lipinski definition) is 1. The third-order valence-corrected chi connectivity index (χ3v) is 5.02. The first-order valence-electron chi connectivity index (χ1n) is 9.03. The maximum Gasteiger partial charge on any atom is 0.272 e. The van der Waals surface area contributed by atoms with Crippen molar-refractivity contribution in [1.82, 2.24) is 25.2 Å². The van der Waals surface area contributed by atoms with E-state index in [4.69, 9.17) is 4.52 Å². The standard InChI is InChI=1S/C19H19F2N5O2/c1-11-9-15(24-26(11)16-6-5-13(20)10-14(16)21)17(27)23-19(7-3-4-8-19)18-22-12(2)28-25-18/h5-6,9-10H,3-4,7-8H2,1-2H3,(H,23,27). The van der Waals surface area contributed by atoms with Crippen LogP contribution in [0, 0.1) is 25.5 Å². The molecule has 28 heavy (non-hydrogen) atoms. The molecule has 2 aromatic heterocycles. The smallest absolute Gasteiger partial charge is 0.272 e. The summed E-state index contributed by atoms with van der Waals surface area (Å²) in [5, 5.41) is 11.2. The van der Waals surface area contributed by atoms with E-state index in [0.29, 0.717) is 30.3 Å². The van der Waals surface area contributed by atoms with Crippen molar-refractivity contribution in [2.75, 3.05) is 0 Å². The fourth-order valence-electron chi connectivity index (χ4n) is 3.64. The second-order valence-electron chi connectivity index (χ2n) is 7.06. The number of hydrogen-bond acceptors (Lipinski definition) is 5. The highest BCUT2D eigenvalue weighted by Crippen LogP contribution is 2.37. The summed E-state index contributed by atoms with van der Waals surface area (Å²) in [5.41, 5.74) is 0.0507. The number of carbonyl (C=O) groups is 1. The Hall–Kier alpha value is -3.10. The van der Waals surface area contributed by atoms with Gasteiger partial charge in [-0.3, -0.25) is 4.79 Å². The number of benzene rings is 1. The average Bonchev–Trinajstić information content (AvgIpc) is 3.36. The highest BCUT2D eigenvalue weighted by atomic mass is 19.1. The molecule has 0 aliphatic heterocycles. The number of rotatable bonds is 4. The van der Waals surface area contributed by atoms with E-state index >= 15 is 0 Å². The van der Waals surface area contributed by atoms with E-state index in [1.807, 2.05) is 0 Å². The van der Waals surface area contributed by atoms with Crippen LogP contribution in [0.2, 0.25) is 0 Å². The van der Waals surface area contributed by atoms with Gasteiger partial charge in [0.05, 0.1) is 0 Å². The summed E-state index contributed by atoms with van der Waals surface area (Å²) in [4.78, 5) is 17.2. The van der Waals surface area contributed by atoms with Gasteiger partial charge in [0.1, 0.15) is 17.0 Å². The van der Waals surface area contributed by atoms with E-state index in [0.717, 1.165) is 25.0 Å². The zero-order valence-corrected chi connectivity index (χ0v) is 15.5. The molecule has 2 heterocycles. The Bertz CT molecular complexity index is 1040. The van der Waals surface area contributed by atoms with Crippen LogP contribution in [0.5, 0.6) is 0 Å². The summed E-state index contributed by atoms with van der Waals surface area (Å²) in [6, 6.07) is 4.77. The van der Waals surface area contributed by atoms with Crippen LogP contribution in [0.15, 0.2) is 28.8 Å². The van der Waals surface area contributed by atoms with Crippen LogP contribution in [0.4, 0.5) is 8.78 Å². The normalized spacial score (nSPS) is 15.7. The van der Waals surface area contributed by atoms with E-state index in [1.165, 1.54) is 10.7 Å². The van der Waals surface area contributed by atoms with Gasteiger partial charge in [-0.05, 0) is 38.0 Å². The molecule has 146 valence electrons. The van der Waals surface area contributed by atoms with Gasteiger partial charge in [0, 0.05) is 18.7 Å². The lowest BCUT2D eigenvalue weighted by Gasteiger charge is -2.26. The van der Waals surface area contributed by atoms with E-state index in [9.17, 15) is 13.6 Å². The van der Waals surface area contributed by atoms with Gasteiger partial charge >= 0.3 is 0 Å². The Morgan fingerprint density at radius 2 is 1.96 bits per heavy atom. The first kappa shape index (κ1) is 18.3. The van der Waals surface area contributed by atoms with Crippen LogP contribution in [0.3, 0.4) is 0 Å². The molecule has 1 aliphatic rings. The Labute approximate surface area is 159 Å². The largest absolute Gasteiger partial charge is 0.340 e. The van der Waals surface area contributed by atoms with Gasteiger partial charge in [-0.25, -0.2) is 13.5 Å². The Kier molecular flexibility index (Phi) is 4.44. The maximum absolute atomic E-state index is 14.1. The van der Waals surface area contributed by atoms with Crippen LogP contribution in [0.1, 0.15) is 53.6 Å². The molecule has 1 N–H and O–H groups in total. The van der Waals surface area contributed by atoms with Gasteiger partial charge in [-0.15, -0.1) is 0 Å². The molecule has 9 heteroatoms. The molecule has 1 saturated carbocycles.